The predicted octanol–water partition coefficient (Wildman–Crippen LogP) is 1.37. The van der Waals surface area contributed by atoms with Gasteiger partial charge in [-0.25, -0.2) is 0 Å². The lowest BCUT2D eigenvalue weighted by Crippen LogP contribution is -2.32. The van der Waals surface area contributed by atoms with E-state index in [0.29, 0.717) is 12.7 Å². The van der Waals surface area contributed by atoms with E-state index in [9.17, 15) is 5.11 Å². The van der Waals surface area contributed by atoms with Gasteiger partial charge in [0.25, 0.3) is 0 Å². The van der Waals surface area contributed by atoms with E-state index >= 15 is 0 Å². The number of hydrogen-bond acceptors (Lipinski definition) is 4. The van der Waals surface area contributed by atoms with Crippen LogP contribution < -0.4 is 5.32 Å². The maximum absolute atomic E-state index is 9.32. The molecule has 3 N–H and O–H groups in total. The largest absolute Gasteiger partial charge is 0.504 e. The summed E-state index contributed by atoms with van der Waals surface area (Å²) in [7, 11) is 0. The van der Waals surface area contributed by atoms with Gasteiger partial charge in [-0.05, 0) is 43.6 Å². The van der Waals surface area contributed by atoms with E-state index in [0.717, 1.165) is 31.5 Å². The van der Waals surface area contributed by atoms with Crippen molar-refractivity contribution in [3.05, 3.63) is 23.8 Å². The quantitative estimate of drug-likeness (QED) is 0.677. The number of nitrogens with one attached hydrogen (secondary N) is 1. The van der Waals surface area contributed by atoms with E-state index in [2.05, 4.69) is 5.32 Å². The molecule has 0 radical (unpaired) electrons. The molecule has 4 nitrogen and oxygen atoms in total. The fraction of sp³-hybridized carbons (Fsp3) is 0.500. The molecule has 0 amide bonds. The van der Waals surface area contributed by atoms with E-state index < -0.39 is 0 Å². The molecular weight excluding hydrogens is 206 g/mol. The highest BCUT2D eigenvalue weighted by Crippen LogP contribution is 2.25. The number of aromatic hydroxyl groups is 2. The molecule has 0 atom stereocenters. The van der Waals surface area contributed by atoms with Crippen molar-refractivity contribution in [2.24, 2.45) is 0 Å². The van der Waals surface area contributed by atoms with Crippen molar-refractivity contribution in [3.63, 3.8) is 0 Å². The Kier molecular flexibility index (Phi) is 3.64. The summed E-state index contributed by atoms with van der Waals surface area (Å²) in [6, 6.07) is 4.78. The van der Waals surface area contributed by atoms with Crippen LogP contribution in [0.1, 0.15) is 18.4 Å². The third-order valence-electron chi connectivity index (χ3n) is 2.81. The van der Waals surface area contributed by atoms with E-state index in [1.165, 1.54) is 12.1 Å². The normalized spacial score (nSPS) is 17.5. The van der Waals surface area contributed by atoms with Crippen molar-refractivity contribution < 1.29 is 14.9 Å². The fourth-order valence-electron chi connectivity index (χ4n) is 1.83. The van der Waals surface area contributed by atoms with Crippen LogP contribution in [0.5, 0.6) is 11.5 Å². The average Bonchev–Trinajstić information content (AvgIpc) is 2.32. The van der Waals surface area contributed by atoms with Gasteiger partial charge >= 0.3 is 0 Å². The zero-order valence-electron chi connectivity index (χ0n) is 9.15. The van der Waals surface area contributed by atoms with Crippen molar-refractivity contribution >= 4 is 0 Å². The number of phenols is 2. The highest BCUT2D eigenvalue weighted by atomic mass is 16.5. The van der Waals surface area contributed by atoms with Gasteiger partial charge in [0.05, 0.1) is 12.7 Å². The number of phenolic OH excluding ortho intramolecular Hbond substituents is 2. The molecule has 1 aromatic carbocycles. The molecule has 0 unspecified atom stereocenters. The summed E-state index contributed by atoms with van der Waals surface area (Å²) in [5.74, 6) is -0.183. The first-order chi connectivity index (χ1) is 7.75. The second kappa shape index (κ2) is 5.18. The molecule has 0 spiro atoms. The number of hydrogen-bond donors (Lipinski definition) is 3. The molecule has 0 aliphatic carbocycles. The monoisotopic (exact) mass is 223 g/mol. The van der Waals surface area contributed by atoms with Crippen LogP contribution in [0.25, 0.3) is 0 Å². The Hall–Kier alpha value is -1.26. The zero-order valence-corrected chi connectivity index (χ0v) is 9.15. The van der Waals surface area contributed by atoms with Crippen molar-refractivity contribution in [2.45, 2.75) is 25.6 Å². The number of benzene rings is 1. The highest BCUT2D eigenvalue weighted by Gasteiger charge is 2.13. The SMILES string of the molecule is Oc1ccc(COC2CCNCC2)cc1O. The summed E-state index contributed by atoms with van der Waals surface area (Å²) < 4.78 is 5.73. The molecule has 0 bridgehead atoms. The summed E-state index contributed by atoms with van der Waals surface area (Å²) in [5.41, 5.74) is 0.883. The smallest absolute Gasteiger partial charge is 0.157 e. The van der Waals surface area contributed by atoms with Crippen LogP contribution in [-0.2, 0) is 11.3 Å². The minimum absolute atomic E-state index is 0.0913. The van der Waals surface area contributed by atoms with Gasteiger partial charge in [-0.2, -0.15) is 0 Å². The van der Waals surface area contributed by atoms with Gasteiger partial charge in [0.2, 0.25) is 0 Å². The van der Waals surface area contributed by atoms with Gasteiger partial charge in [0.1, 0.15) is 0 Å². The van der Waals surface area contributed by atoms with E-state index in [1.54, 1.807) is 6.07 Å². The van der Waals surface area contributed by atoms with Crippen molar-refractivity contribution in [1.29, 1.82) is 0 Å². The summed E-state index contributed by atoms with van der Waals surface area (Å²) in [5, 5.41) is 21.8. The minimum atomic E-state index is -0.0920. The van der Waals surface area contributed by atoms with Crippen LogP contribution in [0.2, 0.25) is 0 Å². The molecule has 2 rings (SSSR count). The second-order valence-electron chi connectivity index (χ2n) is 4.08. The molecule has 1 heterocycles. The van der Waals surface area contributed by atoms with Crippen LogP contribution in [-0.4, -0.2) is 29.4 Å². The lowest BCUT2D eigenvalue weighted by atomic mass is 10.1. The number of ether oxygens (including phenoxy) is 1. The molecular formula is C12H17NO3. The Morgan fingerprint density at radius 3 is 2.62 bits per heavy atom. The Bertz CT molecular complexity index is 348. The Labute approximate surface area is 94.9 Å². The van der Waals surface area contributed by atoms with Gasteiger partial charge in [0, 0.05) is 0 Å². The first-order valence-electron chi connectivity index (χ1n) is 5.59. The third-order valence-corrected chi connectivity index (χ3v) is 2.81. The molecule has 0 saturated carbocycles. The van der Waals surface area contributed by atoms with Crippen LogP contribution in [0.3, 0.4) is 0 Å². The third kappa shape index (κ3) is 2.87. The van der Waals surface area contributed by atoms with Gasteiger partial charge < -0.3 is 20.3 Å². The first-order valence-corrected chi connectivity index (χ1v) is 5.59. The van der Waals surface area contributed by atoms with Crippen LogP contribution in [0.4, 0.5) is 0 Å². The minimum Gasteiger partial charge on any atom is -0.504 e. The van der Waals surface area contributed by atoms with Gasteiger partial charge in [-0.1, -0.05) is 6.07 Å². The average molecular weight is 223 g/mol. The summed E-state index contributed by atoms with van der Waals surface area (Å²) in [6.45, 7) is 2.50. The van der Waals surface area contributed by atoms with E-state index in [-0.39, 0.29) is 11.5 Å². The Balaban J connectivity index is 1.86. The van der Waals surface area contributed by atoms with E-state index in [4.69, 9.17) is 9.84 Å². The molecule has 1 fully saturated rings. The molecule has 1 aliphatic heterocycles. The van der Waals surface area contributed by atoms with Crippen molar-refractivity contribution in [3.8, 4) is 11.5 Å². The van der Waals surface area contributed by atoms with Crippen molar-refractivity contribution in [2.75, 3.05) is 13.1 Å². The molecule has 1 aliphatic rings. The van der Waals surface area contributed by atoms with E-state index in [1.807, 2.05) is 0 Å². The number of piperidine rings is 1. The maximum atomic E-state index is 9.32. The Morgan fingerprint density at radius 2 is 1.94 bits per heavy atom. The van der Waals surface area contributed by atoms with Gasteiger partial charge in [-0.15, -0.1) is 0 Å². The fourth-order valence-corrected chi connectivity index (χ4v) is 1.83. The molecule has 0 aromatic heterocycles. The summed E-state index contributed by atoms with van der Waals surface area (Å²) >= 11 is 0. The molecule has 88 valence electrons. The topological polar surface area (TPSA) is 61.7 Å². The first kappa shape index (κ1) is 11.2. The molecule has 16 heavy (non-hydrogen) atoms. The molecule has 1 aromatic rings. The van der Waals surface area contributed by atoms with Crippen LogP contribution >= 0.6 is 0 Å². The van der Waals surface area contributed by atoms with Gasteiger partial charge in [-0.3, -0.25) is 0 Å². The van der Waals surface area contributed by atoms with Crippen LogP contribution in [0, 0.1) is 0 Å². The Morgan fingerprint density at radius 1 is 1.19 bits per heavy atom. The zero-order chi connectivity index (χ0) is 11.4. The standard InChI is InChI=1S/C12H17NO3/c14-11-2-1-9(7-12(11)15)8-16-10-3-5-13-6-4-10/h1-2,7,10,13-15H,3-6,8H2. The highest BCUT2D eigenvalue weighted by molar-refractivity contribution is 5.40. The summed E-state index contributed by atoms with van der Waals surface area (Å²) in [6.07, 6.45) is 2.37. The second-order valence-corrected chi connectivity index (χ2v) is 4.08. The predicted molar refractivity (Wildman–Crippen MR) is 60.5 cm³/mol. The van der Waals surface area contributed by atoms with Crippen molar-refractivity contribution in [1.82, 2.24) is 5.32 Å². The van der Waals surface area contributed by atoms with Crippen LogP contribution in [0.15, 0.2) is 18.2 Å². The molecule has 4 heteroatoms. The lowest BCUT2D eigenvalue weighted by Gasteiger charge is -2.22. The van der Waals surface area contributed by atoms with Gasteiger partial charge in [0.15, 0.2) is 11.5 Å². The summed E-state index contributed by atoms with van der Waals surface area (Å²) in [4.78, 5) is 0. The number of rotatable bonds is 3. The molecule has 1 saturated heterocycles. The lowest BCUT2D eigenvalue weighted by molar-refractivity contribution is 0.0211. The maximum Gasteiger partial charge on any atom is 0.157 e.